The highest BCUT2D eigenvalue weighted by Crippen LogP contribution is 2.44. The zero-order chi connectivity index (χ0) is 32.1. The van der Waals surface area contributed by atoms with E-state index in [2.05, 4.69) is 65.6 Å². The van der Waals surface area contributed by atoms with Crippen LogP contribution in [0.4, 0.5) is 17.1 Å². The molecule has 0 fully saturated rings. The number of aromatic nitrogens is 1. The average Bonchev–Trinajstić information content (AvgIpc) is 3.93. The molecule has 11 rings (SSSR count). The molecule has 4 heterocycles. The van der Waals surface area contributed by atoms with Gasteiger partial charge in [0.2, 0.25) is 5.89 Å². The summed E-state index contributed by atoms with van der Waals surface area (Å²) >= 11 is 0. The number of fused-ring (bicyclic) bond motifs is 11. The zero-order valence-electron chi connectivity index (χ0n) is 25.9. The molecule has 11 aromatic rings. The van der Waals surface area contributed by atoms with E-state index in [1.165, 1.54) is 0 Å². The van der Waals surface area contributed by atoms with Gasteiger partial charge in [0.1, 0.15) is 39.0 Å². The lowest BCUT2D eigenvalue weighted by Gasteiger charge is -2.25. The number of hydrogen-bond acceptors (Lipinski definition) is 6. The van der Waals surface area contributed by atoms with Crippen LogP contribution in [0.25, 0.3) is 88.4 Å². The summed E-state index contributed by atoms with van der Waals surface area (Å²) in [6.45, 7) is 0. The highest BCUT2D eigenvalue weighted by molar-refractivity contribution is 6.17. The lowest BCUT2D eigenvalue weighted by Crippen LogP contribution is -2.09. The highest BCUT2D eigenvalue weighted by Gasteiger charge is 2.21. The number of rotatable bonds is 4. The van der Waals surface area contributed by atoms with Gasteiger partial charge in [-0.2, -0.15) is 0 Å². The largest absolute Gasteiger partial charge is 0.456 e. The van der Waals surface area contributed by atoms with E-state index in [1.807, 2.05) is 84.9 Å². The van der Waals surface area contributed by atoms with Crippen LogP contribution in [0, 0.1) is 0 Å². The molecule has 0 atom stereocenters. The second-order valence-corrected chi connectivity index (χ2v) is 12.3. The first-order valence-electron chi connectivity index (χ1n) is 16.2. The molecule has 6 heteroatoms. The van der Waals surface area contributed by atoms with Crippen molar-refractivity contribution in [3.63, 3.8) is 0 Å². The van der Waals surface area contributed by atoms with Crippen molar-refractivity contribution >= 4 is 94.0 Å². The first-order valence-corrected chi connectivity index (χ1v) is 16.2. The fraction of sp³-hybridized carbons (Fsp3) is 0. The van der Waals surface area contributed by atoms with Gasteiger partial charge in [0.25, 0.3) is 0 Å². The van der Waals surface area contributed by atoms with Crippen molar-refractivity contribution in [2.24, 2.45) is 0 Å². The molecule has 49 heavy (non-hydrogen) atoms. The van der Waals surface area contributed by atoms with Crippen LogP contribution < -0.4 is 4.90 Å². The summed E-state index contributed by atoms with van der Waals surface area (Å²) in [5.74, 6) is 0.580. The summed E-state index contributed by atoms with van der Waals surface area (Å²) in [7, 11) is 0. The third kappa shape index (κ3) is 3.92. The smallest absolute Gasteiger partial charge is 0.227 e. The molecule has 0 saturated carbocycles. The number of furan rings is 3. The Kier molecular flexibility index (Phi) is 5.29. The molecule has 6 nitrogen and oxygen atoms in total. The van der Waals surface area contributed by atoms with Crippen LogP contribution in [0.15, 0.2) is 163 Å². The Morgan fingerprint density at radius 2 is 0.878 bits per heavy atom. The van der Waals surface area contributed by atoms with Crippen LogP contribution in [0.5, 0.6) is 0 Å². The highest BCUT2D eigenvalue weighted by atomic mass is 16.4. The topological polar surface area (TPSA) is 68.7 Å². The van der Waals surface area contributed by atoms with Crippen molar-refractivity contribution in [1.29, 1.82) is 0 Å². The summed E-state index contributed by atoms with van der Waals surface area (Å²) in [4.78, 5) is 7.11. The molecule has 0 saturated heterocycles. The van der Waals surface area contributed by atoms with Crippen molar-refractivity contribution in [2.45, 2.75) is 0 Å². The van der Waals surface area contributed by atoms with Gasteiger partial charge in [-0.3, -0.25) is 0 Å². The lowest BCUT2D eigenvalue weighted by atomic mass is 10.1. The summed E-state index contributed by atoms with van der Waals surface area (Å²) in [5.41, 5.74) is 10.3. The maximum absolute atomic E-state index is 6.46. The van der Waals surface area contributed by atoms with E-state index in [4.69, 9.17) is 22.7 Å². The molecule has 7 aromatic carbocycles. The molecule has 0 bridgehead atoms. The van der Waals surface area contributed by atoms with Gasteiger partial charge in [0.05, 0.1) is 5.39 Å². The van der Waals surface area contributed by atoms with Crippen LogP contribution in [-0.4, -0.2) is 4.98 Å². The fourth-order valence-corrected chi connectivity index (χ4v) is 7.23. The number of para-hydroxylation sites is 2. The van der Waals surface area contributed by atoms with Crippen LogP contribution in [-0.2, 0) is 0 Å². The first-order chi connectivity index (χ1) is 24.2. The van der Waals surface area contributed by atoms with Crippen molar-refractivity contribution in [2.75, 3.05) is 4.90 Å². The predicted molar refractivity (Wildman–Crippen MR) is 196 cm³/mol. The Bertz CT molecular complexity index is 2960. The second kappa shape index (κ2) is 9.86. The Balaban J connectivity index is 1.16. The van der Waals surface area contributed by atoms with Gasteiger partial charge < -0.3 is 22.6 Å². The van der Waals surface area contributed by atoms with E-state index in [-0.39, 0.29) is 0 Å². The van der Waals surface area contributed by atoms with E-state index < -0.39 is 0 Å². The lowest BCUT2D eigenvalue weighted by molar-refractivity contribution is 0.622. The van der Waals surface area contributed by atoms with Crippen molar-refractivity contribution < 1.29 is 17.7 Å². The van der Waals surface area contributed by atoms with Crippen LogP contribution in [0.2, 0.25) is 0 Å². The van der Waals surface area contributed by atoms with Crippen molar-refractivity contribution in [3.8, 4) is 11.5 Å². The molecule has 0 N–H and O–H groups in total. The van der Waals surface area contributed by atoms with E-state index in [0.717, 1.165) is 94.0 Å². The Morgan fingerprint density at radius 3 is 1.51 bits per heavy atom. The van der Waals surface area contributed by atoms with Gasteiger partial charge in [-0.15, -0.1) is 0 Å². The predicted octanol–water partition coefficient (Wildman–Crippen LogP) is 12.7. The number of hydrogen-bond donors (Lipinski definition) is 0. The number of benzene rings is 7. The standard InChI is InChI=1S/C43H24N2O4/c1-2-8-25(9-3-1)43-44-34-17-21-40-41(42(34)49-43)33-24-28(16-20-39(33)48-40)45(26-14-18-37-31(22-26)29-10-4-6-12-35(29)46-37)27-15-19-38-32(23-27)30-11-5-7-13-36(30)47-38/h1-24H. The Hall–Kier alpha value is -6.79. The molecule has 0 spiro atoms. The summed E-state index contributed by atoms with van der Waals surface area (Å²) in [5, 5.41) is 6.11. The summed E-state index contributed by atoms with van der Waals surface area (Å²) < 4.78 is 25.2. The number of oxazole rings is 1. The number of anilines is 3. The van der Waals surface area contributed by atoms with Gasteiger partial charge in [0.15, 0.2) is 5.58 Å². The third-order valence-electron chi connectivity index (χ3n) is 9.49. The first kappa shape index (κ1) is 26.3. The van der Waals surface area contributed by atoms with Crippen LogP contribution >= 0.6 is 0 Å². The summed E-state index contributed by atoms with van der Waals surface area (Å²) in [6.07, 6.45) is 0. The normalized spacial score (nSPS) is 12.1. The van der Waals surface area contributed by atoms with E-state index in [0.29, 0.717) is 11.5 Å². The minimum Gasteiger partial charge on any atom is -0.456 e. The van der Waals surface area contributed by atoms with Crippen molar-refractivity contribution in [3.05, 3.63) is 146 Å². The van der Waals surface area contributed by atoms with E-state index in [1.54, 1.807) is 0 Å². The molecule has 0 radical (unpaired) electrons. The molecule has 0 aliphatic heterocycles. The minimum absolute atomic E-state index is 0.580. The molecule has 4 aromatic heterocycles. The quantitative estimate of drug-likeness (QED) is 0.192. The van der Waals surface area contributed by atoms with Gasteiger partial charge >= 0.3 is 0 Å². The minimum atomic E-state index is 0.580. The zero-order valence-corrected chi connectivity index (χ0v) is 25.9. The molecule has 230 valence electrons. The second-order valence-electron chi connectivity index (χ2n) is 12.3. The molecular weight excluding hydrogens is 608 g/mol. The SMILES string of the molecule is c1ccc(-c2nc3ccc4oc5ccc(N(c6ccc7oc8ccccc8c7c6)c6ccc7oc8ccccc8c7c6)cc5c4c3o2)cc1. The Labute approximate surface area is 278 Å². The van der Waals surface area contributed by atoms with Gasteiger partial charge in [0, 0.05) is 49.6 Å². The van der Waals surface area contributed by atoms with Gasteiger partial charge in [-0.25, -0.2) is 4.98 Å². The molecule has 0 amide bonds. The maximum Gasteiger partial charge on any atom is 0.227 e. The van der Waals surface area contributed by atoms with Crippen LogP contribution in [0.3, 0.4) is 0 Å². The molecule has 0 aliphatic carbocycles. The fourth-order valence-electron chi connectivity index (χ4n) is 7.23. The van der Waals surface area contributed by atoms with Gasteiger partial charge in [-0.1, -0.05) is 54.6 Å². The molecule has 0 aliphatic rings. The average molecular weight is 633 g/mol. The molecular formula is C43H24N2O4. The van der Waals surface area contributed by atoms with E-state index >= 15 is 0 Å². The van der Waals surface area contributed by atoms with Crippen LogP contribution in [0.1, 0.15) is 0 Å². The third-order valence-corrected chi connectivity index (χ3v) is 9.49. The number of nitrogens with zero attached hydrogens (tertiary/aromatic N) is 2. The van der Waals surface area contributed by atoms with Gasteiger partial charge in [-0.05, 0) is 91.0 Å². The Morgan fingerprint density at radius 1 is 0.388 bits per heavy atom. The maximum atomic E-state index is 6.46. The van der Waals surface area contributed by atoms with E-state index in [9.17, 15) is 0 Å². The summed E-state index contributed by atoms with van der Waals surface area (Å²) in [6, 6.07) is 49.3. The monoisotopic (exact) mass is 632 g/mol. The molecule has 0 unspecified atom stereocenters. The van der Waals surface area contributed by atoms with Crippen molar-refractivity contribution in [1.82, 2.24) is 4.98 Å².